The van der Waals surface area contributed by atoms with Gasteiger partial charge in [0.15, 0.2) is 0 Å². The van der Waals surface area contributed by atoms with Crippen molar-refractivity contribution in [3.05, 3.63) is 33.3 Å². The molecule has 0 spiro atoms. The number of aromatic carboxylic acids is 1. The molecule has 1 aromatic carbocycles. The summed E-state index contributed by atoms with van der Waals surface area (Å²) in [4.78, 5) is 10.8. The molecular formula is C9H6BrNO3. The first-order valence-corrected chi connectivity index (χ1v) is 4.46. The molecular weight excluding hydrogens is 250 g/mol. The summed E-state index contributed by atoms with van der Waals surface area (Å²) in [5, 5.41) is 26.5. The van der Waals surface area contributed by atoms with Gasteiger partial charge in [-0.3, -0.25) is 0 Å². The molecule has 5 heteroatoms. The van der Waals surface area contributed by atoms with E-state index in [-0.39, 0.29) is 16.7 Å². The maximum absolute atomic E-state index is 10.8. The minimum Gasteiger partial charge on any atom is -0.478 e. The van der Waals surface area contributed by atoms with Gasteiger partial charge in [-0.25, -0.2) is 4.79 Å². The van der Waals surface area contributed by atoms with Crippen LogP contribution in [0.3, 0.4) is 0 Å². The molecule has 0 atom stereocenters. The number of aliphatic hydroxyl groups is 1. The van der Waals surface area contributed by atoms with E-state index in [2.05, 4.69) is 15.9 Å². The highest BCUT2D eigenvalue weighted by atomic mass is 79.9. The summed E-state index contributed by atoms with van der Waals surface area (Å²) in [6.07, 6.45) is 0. The molecule has 0 saturated heterocycles. The van der Waals surface area contributed by atoms with Gasteiger partial charge in [0.25, 0.3) is 0 Å². The second-order valence-electron chi connectivity index (χ2n) is 2.52. The third kappa shape index (κ3) is 1.76. The summed E-state index contributed by atoms with van der Waals surface area (Å²) in [5.41, 5.74) is 0.116. The van der Waals surface area contributed by atoms with Crippen molar-refractivity contribution in [1.82, 2.24) is 0 Å². The highest BCUT2D eigenvalue weighted by Gasteiger charge is 2.17. The first-order chi connectivity index (χ1) is 6.61. The van der Waals surface area contributed by atoms with Gasteiger partial charge in [-0.15, -0.1) is 0 Å². The number of hydrogen-bond donors (Lipinski definition) is 2. The Labute approximate surface area is 88.5 Å². The van der Waals surface area contributed by atoms with E-state index >= 15 is 0 Å². The number of aliphatic hydroxyl groups excluding tert-OH is 1. The first kappa shape index (κ1) is 10.7. The van der Waals surface area contributed by atoms with Gasteiger partial charge in [-0.2, -0.15) is 5.26 Å². The van der Waals surface area contributed by atoms with E-state index in [1.165, 1.54) is 12.1 Å². The fourth-order valence-electron chi connectivity index (χ4n) is 1.11. The summed E-state index contributed by atoms with van der Waals surface area (Å²) < 4.78 is 0.483. The van der Waals surface area contributed by atoms with Crippen LogP contribution in [-0.2, 0) is 6.61 Å². The van der Waals surface area contributed by atoms with Gasteiger partial charge in [-0.05, 0) is 12.1 Å². The monoisotopic (exact) mass is 255 g/mol. The molecule has 0 heterocycles. The number of halogens is 1. The Morgan fingerprint density at radius 2 is 2.21 bits per heavy atom. The minimum atomic E-state index is -1.22. The SMILES string of the molecule is N#Cc1ccc(Br)c(CO)c1C(=O)O. The Bertz CT molecular complexity index is 423. The van der Waals surface area contributed by atoms with Crippen LogP contribution >= 0.6 is 15.9 Å². The molecule has 1 rings (SSSR count). The second-order valence-corrected chi connectivity index (χ2v) is 3.38. The fourth-order valence-corrected chi connectivity index (χ4v) is 1.57. The number of nitrogens with zero attached hydrogens (tertiary/aromatic N) is 1. The van der Waals surface area contributed by atoms with Crippen molar-refractivity contribution in [3.63, 3.8) is 0 Å². The lowest BCUT2D eigenvalue weighted by atomic mass is 10.0. The molecule has 0 aliphatic rings. The van der Waals surface area contributed by atoms with Gasteiger partial charge in [-0.1, -0.05) is 15.9 Å². The summed E-state index contributed by atoms with van der Waals surface area (Å²) in [5.74, 6) is -1.22. The lowest BCUT2D eigenvalue weighted by Crippen LogP contribution is -2.06. The van der Waals surface area contributed by atoms with Crippen molar-refractivity contribution in [2.75, 3.05) is 0 Å². The zero-order valence-corrected chi connectivity index (χ0v) is 8.58. The third-order valence-electron chi connectivity index (χ3n) is 1.75. The van der Waals surface area contributed by atoms with Crippen LogP contribution in [0.5, 0.6) is 0 Å². The zero-order valence-electron chi connectivity index (χ0n) is 6.99. The standard InChI is InChI=1S/C9H6BrNO3/c10-7-2-1-5(3-11)8(9(13)14)6(7)4-12/h1-2,12H,4H2,(H,13,14). The molecule has 0 bridgehead atoms. The molecule has 0 amide bonds. The van der Waals surface area contributed by atoms with E-state index in [0.29, 0.717) is 4.47 Å². The number of nitriles is 1. The van der Waals surface area contributed by atoms with E-state index in [1.54, 1.807) is 6.07 Å². The molecule has 0 saturated carbocycles. The third-order valence-corrected chi connectivity index (χ3v) is 2.49. The topological polar surface area (TPSA) is 81.3 Å². The van der Waals surface area contributed by atoms with Crippen LogP contribution < -0.4 is 0 Å². The smallest absolute Gasteiger partial charge is 0.337 e. The molecule has 1 aromatic rings. The number of carboxylic acids is 1. The number of hydrogen-bond acceptors (Lipinski definition) is 3. The Morgan fingerprint density at radius 1 is 1.57 bits per heavy atom. The van der Waals surface area contributed by atoms with Gasteiger partial charge in [0.1, 0.15) is 6.07 Å². The molecule has 0 fully saturated rings. The quantitative estimate of drug-likeness (QED) is 0.840. The van der Waals surface area contributed by atoms with Crippen LogP contribution in [0, 0.1) is 11.3 Å². The van der Waals surface area contributed by atoms with E-state index in [0.717, 1.165) is 0 Å². The Kier molecular flexibility index (Phi) is 3.23. The normalized spacial score (nSPS) is 9.50. The number of rotatable bonds is 2. The van der Waals surface area contributed by atoms with Gasteiger partial charge in [0.05, 0.1) is 17.7 Å². The average Bonchev–Trinajstić information content (AvgIpc) is 2.17. The Morgan fingerprint density at radius 3 is 2.64 bits per heavy atom. The Balaban J connectivity index is 3.54. The van der Waals surface area contributed by atoms with Crippen molar-refractivity contribution in [1.29, 1.82) is 5.26 Å². The van der Waals surface area contributed by atoms with Crippen molar-refractivity contribution in [3.8, 4) is 6.07 Å². The predicted octanol–water partition coefficient (Wildman–Crippen LogP) is 1.51. The lowest BCUT2D eigenvalue weighted by Gasteiger charge is -2.06. The summed E-state index contributed by atoms with van der Waals surface area (Å²) in [6, 6.07) is 4.70. The molecule has 0 unspecified atom stereocenters. The van der Waals surface area contributed by atoms with Crippen LogP contribution in [0.25, 0.3) is 0 Å². The minimum absolute atomic E-state index is 0.0461. The van der Waals surface area contributed by atoms with E-state index in [1.807, 2.05) is 0 Å². The molecule has 2 N–H and O–H groups in total. The van der Waals surface area contributed by atoms with Crippen LogP contribution in [0.15, 0.2) is 16.6 Å². The average molecular weight is 256 g/mol. The molecule has 4 nitrogen and oxygen atoms in total. The van der Waals surface area contributed by atoms with Crippen LogP contribution in [0.2, 0.25) is 0 Å². The van der Waals surface area contributed by atoms with Crippen LogP contribution in [-0.4, -0.2) is 16.2 Å². The summed E-state index contributed by atoms with van der Waals surface area (Å²) in [6.45, 7) is -0.419. The van der Waals surface area contributed by atoms with Crippen LogP contribution in [0.4, 0.5) is 0 Å². The Hall–Kier alpha value is -1.38. The predicted molar refractivity (Wildman–Crippen MR) is 51.7 cm³/mol. The fraction of sp³-hybridized carbons (Fsp3) is 0.111. The largest absolute Gasteiger partial charge is 0.478 e. The molecule has 14 heavy (non-hydrogen) atoms. The van der Waals surface area contributed by atoms with Gasteiger partial charge < -0.3 is 10.2 Å². The highest BCUT2D eigenvalue weighted by Crippen LogP contribution is 2.23. The second kappa shape index (κ2) is 4.22. The zero-order chi connectivity index (χ0) is 10.7. The van der Waals surface area contributed by atoms with E-state index in [9.17, 15) is 4.79 Å². The molecule has 0 aliphatic carbocycles. The van der Waals surface area contributed by atoms with Crippen LogP contribution in [0.1, 0.15) is 21.5 Å². The summed E-state index contributed by atoms with van der Waals surface area (Å²) in [7, 11) is 0. The molecule has 0 aliphatic heterocycles. The number of carboxylic acid groups (broad SMARTS) is 1. The highest BCUT2D eigenvalue weighted by molar-refractivity contribution is 9.10. The van der Waals surface area contributed by atoms with Crippen molar-refractivity contribution in [2.24, 2.45) is 0 Å². The first-order valence-electron chi connectivity index (χ1n) is 3.67. The van der Waals surface area contributed by atoms with E-state index < -0.39 is 12.6 Å². The van der Waals surface area contributed by atoms with Crippen molar-refractivity contribution in [2.45, 2.75) is 6.61 Å². The number of carbonyl (C=O) groups is 1. The lowest BCUT2D eigenvalue weighted by molar-refractivity contribution is 0.0693. The van der Waals surface area contributed by atoms with E-state index in [4.69, 9.17) is 15.5 Å². The van der Waals surface area contributed by atoms with Crippen molar-refractivity contribution >= 4 is 21.9 Å². The summed E-state index contributed by atoms with van der Waals surface area (Å²) >= 11 is 3.11. The van der Waals surface area contributed by atoms with Gasteiger partial charge >= 0.3 is 5.97 Å². The van der Waals surface area contributed by atoms with Gasteiger partial charge in [0, 0.05) is 10.0 Å². The molecule has 0 aromatic heterocycles. The maximum atomic E-state index is 10.8. The molecule has 72 valence electrons. The van der Waals surface area contributed by atoms with Crippen molar-refractivity contribution < 1.29 is 15.0 Å². The molecule has 0 radical (unpaired) electrons. The number of benzene rings is 1. The maximum Gasteiger partial charge on any atom is 0.337 e. The van der Waals surface area contributed by atoms with Gasteiger partial charge in [0.2, 0.25) is 0 Å².